The minimum absolute atomic E-state index is 0.0112. The minimum atomic E-state index is -0.0112. The molecule has 2 fully saturated rings. The van der Waals surface area contributed by atoms with Gasteiger partial charge in [-0.2, -0.15) is 0 Å². The highest BCUT2D eigenvalue weighted by atomic mass is 16.5. The topological polar surface area (TPSA) is 50.4 Å². The maximum Gasteiger partial charge on any atom is 0.227 e. The van der Waals surface area contributed by atoms with Crippen LogP contribution in [-0.2, 0) is 9.53 Å². The highest BCUT2D eigenvalue weighted by Crippen LogP contribution is 2.36. The molecule has 0 bridgehead atoms. The van der Waals surface area contributed by atoms with E-state index in [4.69, 9.17) is 4.74 Å². The molecule has 0 radical (unpaired) electrons. The van der Waals surface area contributed by atoms with Crippen molar-refractivity contribution in [3.05, 3.63) is 0 Å². The van der Waals surface area contributed by atoms with Gasteiger partial charge in [0.1, 0.15) is 0 Å². The van der Waals surface area contributed by atoms with E-state index in [-0.39, 0.29) is 17.9 Å². The van der Waals surface area contributed by atoms with Gasteiger partial charge in [0.2, 0.25) is 5.91 Å². The summed E-state index contributed by atoms with van der Waals surface area (Å²) in [4.78, 5) is 12.1. The van der Waals surface area contributed by atoms with Crippen LogP contribution >= 0.6 is 0 Å². The van der Waals surface area contributed by atoms with Gasteiger partial charge in [0.25, 0.3) is 0 Å². The van der Waals surface area contributed by atoms with E-state index in [9.17, 15) is 4.79 Å². The summed E-state index contributed by atoms with van der Waals surface area (Å²) in [5.41, 5.74) is 0. The predicted octanol–water partition coefficient (Wildman–Crippen LogP) is 1.16. The third kappa shape index (κ3) is 3.69. The maximum absolute atomic E-state index is 12.1. The smallest absolute Gasteiger partial charge is 0.227 e. The Morgan fingerprint density at radius 3 is 2.83 bits per heavy atom. The van der Waals surface area contributed by atoms with Gasteiger partial charge >= 0.3 is 0 Å². The number of nitrogens with one attached hydrogen (secondary N) is 2. The molecule has 1 heterocycles. The number of carbonyl (C=O) groups excluding carboxylic acids is 1. The van der Waals surface area contributed by atoms with Crippen molar-refractivity contribution in [3.8, 4) is 0 Å². The van der Waals surface area contributed by atoms with E-state index in [1.54, 1.807) is 0 Å². The van der Waals surface area contributed by atoms with Crippen LogP contribution in [-0.4, -0.2) is 38.3 Å². The molecule has 18 heavy (non-hydrogen) atoms. The fraction of sp³-hybridized carbons (Fsp3) is 0.929. The Balaban J connectivity index is 1.72. The fourth-order valence-electron chi connectivity index (χ4n) is 2.57. The molecule has 0 aromatic rings. The van der Waals surface area contributed by atoms with Crippen molar-refractivity contribution >= 4 is 5.91 Å². The molecule has 1 saturated carbocycles. The summed E-state index contributed by atoms with van der Waals surface area (Å²) in [7, 11) is 0. The van der Waals surface area contributed by atoms with Crippen molar-refractivity contribution in [2.45, 2.75) is 39.2 Å². The lowest BCUT2D eigenvalue weighted by Crippen LogP contribution is -2.45. The summed E-state index contributed by atoms with van der Waals surface area (Å²) in [6.45, 7) is 7.36. The zero-order valence-electron chi connectivity index (χ0n) is 11.6. The van der Waals surface area contributed by atoms with Crippen molar-refractivity contribution in [1.82, 2.24) is 10.6 Å². The molecule has 4 nitrogen and oxygen atoms in total. The van der Waals surface area contributed by atoms with E-state index < -0.39 is 0 Å². The van der Waals surface area contributed by atoms with Gasteiger partial charge in [0, 0.05) is 12.6 Å². The first-order chi connectivity index (χ1) is 8.72. The SMILES string of the molecule is CCCNC1COCC1C(=O)NCC(C)C1CC1. The Morgan fingerprint density at radius 1 is 1.39 bits per heavy atom. The monoisotopic (exact) mass is 254 g/mol. The van der Waals surface area contributed by atoms with E-state index in [1.807, 2.05) is 0 Å². The Kier molecular flexibility index (Phi) is 5.01. The zero-order valence-corrected chi connectivity index (χ0v) is 11.6. The summed E-state index contributed by atoms with van der Waals surface area (Å²) in [6, 6.07) is 0.196. The molecule has 2 aliphatic rings. The van der Waals surface area contributed by atoms with Crippen LogP contribution in [0.25, 0.3) is 0 Å². The summed E-state index contributed by atoms with van der Waals surface area (Å²) >= 11 is 0. The lowest BCUT2D eigenvalue weighted by atomic mass is 10.0. The average Bonchev–Trinajstić information content (AvgIpc) is 3.12. The van der Waals surface area contributed by atoms with Crippen LogP contribution in [0.1, 0.15) is 33.1 Å². The van der Waals surface area contributed by atoms with Gasteiger partial charge in [0.05, 0.1) is 19.1 Å². The molecule has 0 aromatic heterocycles. The summed E-state index contributed by atoms with van der Waals surface area (Å²) in [5.74, 6) is 1.62. The first-order valence-corrected chi connectivity index (χ1v) is 7.31. The molecule has 104 valence electrons. The highest BCUT2D eigenvalue weighted by Gasteiger charge is 2.34. The van der Waals surface area contributed by atoms with Crippen molar-refractivity contribution in [2.24, 2.45) is 17.8 Å². The molecule has 1 amide bonds. The first kappa shape index (κ1) is 13.8. The van der Waals surface area contributed by atoms with Crippen LogP contribution in [0.2, 0.25) is 0 Å². The van der Waals surface area contributed by atoms with E-state index in [0.29, 0.717) is 19.1 Å². The summed E-state index contributed by atoms with van der Waals surface area (Å²) in [5, 5.41) is 6.49. The van der Waals surface area contributed by atoms with Crippen LogP contribution < -0.4 is 10.6 Å². The van der Waals surface area contributed by atoms with Gasteiger partial charge in [-0.25, -0.2) is 0 Å². The third-order valence-electron chi connectivity index (χ3n) is 4.10. The number of amides is 1. The zero-order chi connectivity index (χ0) is 13.0. The van der Waals surface area contributed by atoms with Gasteiger partial charge in [-0.3, -0.25) is 4.79 Å². The van der Waals surface area contributed by atoms with E-state index in [0.717, 1.165) is 25.4 Å². The molecule has 4 heteroatoms. The van der Waals surface area contributed by atoms with Crippen LogP contribution in [0, 0.1) is 17.8 Å². The van der Waals surface area contributed by atoms with E-state index in [2.05, 4.69) is 24.5 Å². The Bertz CT molecular complexity index is 279. The normalized spacial score (nSPS) is 29.2. The molecule has 3 atom stereocenters. The Hall–Kier alpha value is -0.610. The largest absolute Gasteiger partial charge is 0.379 e. The van der Waals surface area contributed by atoms with Crippen molar-refractivity contribution in [1.29, 1.82) is 0 Å². The van der Waals surface area contributed by atoms with E-state index in [1.165, 1.54) is 12.8 Å². The highest BCUT2D eigenvalue weighted by molar-refractivity contribution is 5.79. The second-order valence-electron chi connectivity index (χ2n) is 5.76. The Labute approximate surface area is 110 Å². The predicted molar refractivity (Wildman–Crippen MR) is 71.3 cm³/mol. The lowest BCUT2D eigenvalue weighted by molar-refractivity contribution is -0.125. The first-order valence-electron chi connectivity index (χ1n) is 7.31. The number of hydrogen-bond donors (Lipinski definition) is 2. The average molecular weight is 254 g/mol. The standard InChI is InChI=1S/C14H26N2O2/c1-3-6-15-13-9-18-8-12(13)14(17)16-7-10(2)11-4-5-11/h10-13,15H,3-9H2,1-2H3,(H,16,17). The van der Waals surface area contributed by atoms with Gasteiger partial charge < -0.3 is 15.4 Å². The molecule has 0 spiro atoms. The molecule has 1 aliphatic heterocycles. The molecule has 2 N–H and O–H groups in total. The summed E-state index contributed by atoms with van der Waals surface area (Å²) < 4.78 is 5.43. The van der Waals surface area contributed by atoms with Crippen LogP contribution in [0.5, 0.6) is 0 Å². The fourth-order valence-corrected chi connectivity index (χ4v) is 2.57. The second-order valence-corrected chi connectivity index (χ2v) is 5.76. The van der Waals surface area contributed by atoms with Gasteiger partial charge in [-0.15, -0.1) is 0 Å². The minimum Gasteiger partial charge on any atom is -0.379 e. The van der Waals surface area contributed by atoms with Crippen LogP contribution in [0.4, 0.5) is 0 Å². The van der Waals surface area contributed by atoms with Crippen LogP contribution in [0.15, 0.2) is 0 Å². The quantitative estimate of drug-likeness (QED) is 0.717. The van der Waals surface area contributed by atoms with Crippen LogP contribution in [0.3, 0.4) is 0 Å². The number of rotatable bonds is 7. The van der Waals surface area contributed by atoms with Gasteiger partial charge in [0.15, 0.2) is 0 Å². The molecule has 1 aliphatic carbocycles. The molecular weight excluding hydrogens is 228 g/mol. The Morgan fingerprint density at radius 2 is 2.17 bits per heavy atom. The molecule has 2 rings (SSSR count). The molecule has 1 saturated heterocycles. The van der Waals surface area contributed by atoms with Crippen molar-refractivity contribution in [3.63, 3.8) is 0 Å². The third-order valence-corrected chi connectivity index (χ3v) is 4.10. The lowest BCUT2D eigenvalue weighted by Gasteiger charge is -2.19. The maximum atomic E-state index is 12.1. The van der Waals surface area contributed by atoms with Gasteiger partial charge in [-0.05, 0) is 37.6 Å². The van der Waals surface area contributed by atoms with Crippen molar-refractivity contribution in [2.75, 3.05) is 26.3 Å². The van der Waals surface area contributed by atoms with Gasteiger partial charge in [-0.1, -0.05) is 13.8 Å². The summed E-state index contributed by atoms with van der Waals surface area (Å²) in [6.07, 6.45) is 3.76. The molecule has 0 aromatic carbocycles. The number of ether oxygens (including phenoxy) is 1. The van der Waals surface area contributed by atoms with Crippen molar-refractivity contribution < 1.29 is 9.53 Å². The molecular formula is C14H26N2O2. The number of hydrogen-bond acceptors (Lipinski definition) is 3. The second kappa shape index (κ2) is 6.53. The number of carbonyl (C=O) groups is 1. The van der Waals surface area contributed by atoms with E-state index >= 15 is 0 Å². The molecule has 3 unspecified atom stereocenters.